The van der Waals surface area contributed by atoms with Crippen LogP contribution >= 0.6 is 22.9 Å². The summed E-state index contributed by atoms with van der Waals surface area (Å²) >= 11 is 7.67. The SMILES string of the molecule is O=C(NC1CCCCC1)[C@@H](c1ccc(Cl)cc1)N(Cc1cccnc1)C(=O)Cc1cccs1. The first-order valence-corrected chi connectivity index (χ1v) is 12.6. The molecule has 0 spiro atoms. The largest absolute Gasteiger partial charge is 0.351 e. The molecule has 0 unspecified atom stereocenters. The molecule has 1 saturated carbocycles. The van der Waals surface area contributed by atoms with Crippen molar-refractivity contribution in [2.24, 2.45) is 0 Å². The van der Waals surface area contributed by atoms with Gasteiger partial charge in [-0.1, -0.05) is 55.1 Å². The average Bonchev–Trinajstić information content (AvgIpc) is 3.34. The van der Waals surface area contributed by atoms with Crippen molar-refractivity contribution in [2.45, 2.75) is 57.2 Å². The Hall–Kier alpha value is -2.70. The molecule has 1 aliphatic rings. The van der Waals surface area contributed by atoms with Crippen molar-refractivity contribution < 1.29 is 9.59 Å². The molecule has 0 aliphatic heterocycles. The van der Waals surface area contributed by atoms with Gasteiger partial charge in [0.15, 0.2) is 0 Å². The monoisotopic (exact) mass is 481 g/mol. The second kappa shape index (κ2) is 11.4. The summed E-state index contributed by atoms with van der Waals surface area (Å²) < 4.78 is 0. The van der Waals surface area contributed by atoms with Gasteiger partial charge in [0, 0.05) is 34.9 Å². The molecule has 4 rings (SSSR count). The van der Waals surface area contributed by atoms with Crippen LogP contribution in [-0.4, -0.2) is 27.7 Å². The molecule has 33 heavy (non-hydrogen) atoms. The molecule has 7 heteroatoms. The van der Waals surface area contributed by atoms with Gasteiger partial charge >= 0.3 is 0 Å². The van der Waals surface area contributed by atoms with Crippen LogP contribution in [0.15, 0.2) is 66.3 Å². The Labute approximate surface area is 203 Å². The number of rotatable bonds is 8. The van der Waals surface area contributed by atoms with E-state index in [1.54, 1.807) is 40.8 Å². The van der Waals surface area contributed by atoms with E-state index in [-0.39, 0.29) is 24.3 Å². The van der Waals surface area contributed by atoms with E-state index in [1.807, 2.05) is 41.8 Å². The maximum atomic E-state index is 13.7. The lowest BCUT2D eigenvalue weighted by Gasteiger charge is -2.33. The Kier molecular flexibility index (Phi) is 8.13. The fraction of sp³-hybridized carbons (Fsp3) is 0.346. The summed E-state index contributed by atoms with van der Waals surface area (Å²) in [6.45, 7) is 0.295. The Morgan fingerprint density at radius 2 is 1.88 bits per heavy atom. The molecule has 5 nitrogen and oxygen atoms in total. The third-order valence-corrected chi connectivity index (χ3v) is 7.13. The van der Waals surface area contributed by atoms with Gasteiger partial charge in [0.2, 0.25) is 11.8 Å². The number of aromatic nitrogens is 1. The smallest absolute Gasteiger partial charge is 0.247 e. The molecular weight excluding hydrogens is 454 g/mol. The fourth-order valence-corrected chi connectivity index (χ4v) is 5.14. The molecule has 2 amide bonds. The predicted molar refractivity (Wildman–Crippen MR) is 132 cm³/mol. The van der Waals surface area contributed by atoms with Crippen molar-refractivity contribution in [2.75, 3.05) is 0 Å². The van der Waals surface area contributed by atoms with Gasteiger partial charge in [-0.25, -0.2) is 0 Å². The summed E-state index contributed by atoms with van der Waals surface area (Å²) in [5.74, 6) is -0.243. The van der Waals surface area contributed by atoms with Gasteiger partial charge in [0.25, 0.3) is 0 Å². The summed E-state index contributed by atoms with van der Waals surface area (Å²) in [5, 5.41) is 5.78. The lowest BCUT2D eigenvalue weighted by Crippen LogP contribution is -2.47. The summed E-state index contributed by atoms with van der Waals surface area (Å²) in [4.78, 5) is 34.1. The minimum Gasteiger partial charge on any atom is -0.351 e. The van der Waals surface area contributed by atoms with Crippen LogP contribution in [0.3, 0.4) is 0 Å². The molecule has 2 aromatic heterocycles. The standard InChI is InChI=1S/C26H28ClN3O2S/c27-21-12-10-20(11-13-21)25(26(32)29-22-7-2-1-3-8-22)30(18-19-6-4-14-28-17-19)24(31)16-23-9-5-15-33-23/h4-6,9-15,17,22,25H,1-3,7-8,16,18H2,(H,29,32)/t25-/m1/s1. The first-order chi connectivity index (χ1) is 16.1. The molecule has 0 bridgehead atoms. The number of pyridine rings is 1. The Morgan fingerprint density at radius 1 is 1.09 bits per heavy atom. The predicted octanol–water partition coefficient (Wildman–Crippen LogP) is 5.56. The molecule has 2 heterocycles. The lowest BCUT2D eigenvalue weighted by atomic mass is 9.94. The van der Waals surface area contributed by atoms with Crippen LogP contribution in [0.5, 0.6) is 0 Å². The van der Waals surface area contributed by atoms with Gasteiger partial charge in [-0.2, -0.15) is 0 Å². The summed E-state index contributed by atoms with van der Waals surface area (Å²) in [7, 11) is 0. The first-order valence-electron chi connectivity index (χ1n) is 11.4. The van der Waals surface area contributed by atoms with Gasteiger partial charge in [-0.3, -0.25) is 14.6 Å². The zero-order valence-electron chi connectivity index (χ0n) is 18.5. The number of halogens is 1. The van der Waals surface area contributed by atoms with Crippen molar-refractivity contribution >= 4 is 34.8 Å². The highest BCUT2D eigenvalue weighted by Crippen LogP contribution is 2.28. The first kappa shape index (κ1) is 23.5. The van der Waals surface area contributed by atoms with E-state index in [0.29, 0.717) is 11.6 Å². The molecule has 3 aromatic rings. The number of carbonyl (C=O) groups is 2. The van der Waals surface area contributed by atoms with Crippen LogP contribution in [0.2, 0.25) is 5.02 Å². The third kappa shape index (κ3) is 6.42. The molecule has 1 fully saturated rings. The number of hydrogen-bond acceptors (Lipinski definition) is 4. The van der Waals surface area contributed by atoms with Crippen LogP contribution in [-0.2, 0) is 22.6 Å². The number of nitrogens with one attached hydrogen (secondary N) is 1. The van der Waals surface area contributed by atoms with E-state index in [1.165, 1.54) is 6.42 Å². The van der Waals surface area contributed by atoms with E-state index in [9.17, 15) is 9.59 Å². The zero-order chi connectivity index (χ0) is 23.0. The maximum Gasteiger partial charge on any atom is 0.247 e. The van der Waals surface area contributed by atoms with Gasteiger partial charge in [-0.05, 0) is 53.6 Å². The van der Waals surface area contributed by atoms with Crippen LogP contribution in [0.1, 0.15) is 54.1 Å². The Morgan fingerprint density at radius 3 is 2.55 bits per heavy atom. The number of thiophene rings is 1. The summed E-state index contributed by atoms with van der Waals surface area (Å²) in [5.41, 5.74) is 1.62. The van der Waals surface area contributed by atoms with Crippen LogP contribution in [0.25, 0.3) is 0 Å². The summed E-state index contributed by atoms with van der Waals surface area (Å²) in [6.07, 6.45) is 9.09. The van der Waals surface area contributed by atoms with E-state index < -0.39 is 6.04 Å². The number of carbonyl (C=O) groups excluding carboxylic acids is 2. The van der Waals surface area contributed by atoms with E-state index in [2.05, 4.69) is 10.3 Å². The van der Waals surface area contributed by atoms with Gasteiger partial charge in [0.05, 0.1) is 6.42 Å². The molecule has 1 N–H and O–H groups in total. The normalized spacial score (nSPS) is 15.1. The van der Waals surface area contributed by atoms with Crippen molar-refractivity contribution in [3.63, 3.8) is 0 Å². The second-order valence-electron chi connectivity index (χ2n) is 8.44. The molecule has 1 atom stereocenters. The Bertz CT molecular complexity index is 1040. The molecular formula is C26H28ClN3O2S. The number of benzene rings is 1. The van der Waals surface area contributed by atoms with Gasteiger partial charge in [-0.15, -0.1) is 11.3 Å². The van der Waals surface area contributed by atoms with Crippen LogP contribution in [0.4, 0.5) is 0 Å². The second-order valence-corrected chi connectivity index (χ2v) is 9.91. The molecule has 1 aromatic carbocycles. The topological polar surface area (TPSA) is 62.3 Å². The minimum absolute atomic E-state index is 0.0972. The van der Waals surface area contributed by atoms with Crippen molar-refractivity contribution in [1.29, 1.82) is 0 Å². The van der Waals surface area contributed by atoms with Crippen molar-refractivity contribution in [3.05, 3.63) is 87.3 Å². The van der Waals surface area contributed by atoms with E-state index in [0.717, 1.165) is 41.7 Å². The molecule has 172 valence electrons. The van der Waals surface area contributed by atoms with Crippen molar-refractivity contribution in [3.8, 4) is 0 Å². The lowest BCUT2D eigenvalue weighted by molar-refractivity contribution is -0.141. The van der Waals surface area contributed by atoms with E-state index >= 15 is 0 Å². The highest BCUT2D eigenvalue weighted by molar-refractivity contribution is 7.10. The highest BCUT2D eigenvalue weighted by Gasteiger charge is 2.33. The summed E-state index contributed by atoms with van der Waals surface area (Å²) in [6, 6.07) is 14.3. The quantitative estimate of drug-likeness (QED) is 0.458. The molecule has 1 aliphatic carbocycles. The van der Waals surface area contributed by atoms with Gasteiger partial charge < -0.3 is 10.2 Å². The number of nitrogens with zero attached hydrogens (tertiary/aromatic N) is 2. The zero-order valence-corrected chi connectivity index (χ0v) is 20.0. The third-order valence-electron chi connectivity index (χ3n) is 6.00. The van der Waals surface area contributed by atoms with Crippen LogP contribution < -0.4 is 5.32 Å². The van der Waals surface area contributed by atoms with E-state index in [4.69, 9.17) is 11.6 Å². The highest BCUT2D eigenvalue weighted by atomic mass is 35.5. The maximum absolute atomic E-state index is 13.7. The van der Waals surface area contributed by atoms with Crippen LogP contribution in [0, 0.1) is 0 Å². The number of hydrogen-bond donors (Lipinski definition) is 1. The Balaban J connectivity index is 1.67. The fourth-order valence-electron chi connectivity index (χ4n) is 4.32. The molecule has 0 radical (unpaired) electrons. The van der Waals surface area contributed by atoms with Gasteiger partial charge in [0.1, 0.15) is 6.04 Å². The average molecular weight is 482 g/mol. The van der Waals surface area contributed by atoms with Crippen molar-refractivity contribution in [1.82, 2.24) is 15.2 Å². The minimum atomic E-state index is -0.753. The molecule has 0 saturated heterocycles. The number of amides is 2.